The van der Waals surface area contributed by atoms with E-state index in [-0.39, 0.29) is 6.42 Å². The first kappa shape index (κ1) is 11.3. The van der Waals surface area contributed by atoms with E-state index < -0.39 is 22.6 Å². The van der Waals surface area contributed by atoms with E-state index in [1.54, 1.807) is 0 Å². The van der Waals surface area contributed by atoms with E-state index >= 15 is 0 Å². The predicted molar refractivity (Wildman–Crippen MR) is 37.2 cm³/mol. The molecule has 12 heavy (non-hydrogen) atoms. The third kappa shape index (κ3) is 6.05. The first-order valence-corrected chi connectivity index (χ1v) is 4.35. The molecule has 0 rings (SSSR count). The standard InChI is InChI=1S/C5H9FO5S/c1-4(3-5(7)10-2)11-12(6,8)9/h4H,3H2,1-2H3/t4-/m0/s1. The molecule has 5 nitrogen and oxygen atoms in total. The quantitative estimate of drug-likeness (QED) is 0.478. The van der Waals surface area contributed by atoms with Crippen molar-refractivity contribution in [1.82, 2.24) is 0 Å². The van der Waals surface area contributed by atoms with Gasteiger partial charge in [0.05, 0.1) is 19.6 Å². The number of rotatable bonds is 4. The molecule has 0 spiro atoms. The summed E-state index contributed by atoms with van der Waals surface area (Å²) < 4.78 is 39.5. The highest BCUT2D eigenvalue weighted by molar-refractivity contribution is 7.81. The Labute approximate surface area is 69.9 Å². The minimum Gasteiger partial charge on any atom is -0.469 e. The lowest BCUT2D eigenvalue weighted by atomic mass is 10.3. The Morgan fingerprint density at radius 3 is 2.42 bits per heavy atom. The molecule has 72 valence electrons. The monoisotopic (exact) mass is 200 g/mol. The molecule has 0 aromatic heterocycles. The highest BCUT2D eigenvalue weighted by Gasteiger charge is 2.17. The molecule has 0 aromatic rings. The fourth-order valence-corrected chi connectivity index (χ4v) is 1.01. The number of hydrogen-bond acceptors (Lipinski definition) is 5. The fourth-order valence-electron chi connectivity index (χ4n) is 0.548. The van der Waals surface area contributed by atoms with Crippen molar-refractivity contribution in [3.05, 3.63) is 0 Å². The average molecular weight is 200 g/mol. The van der Waals surface area contributed by atoms with Crippen molar-refractivity contribution in [2.75, 3.05) is 7.11 Å². The van der Waals surface area contributed by atoms with E-state index in [2.05, 4.69) is 8.92 Å². The lowest BCUT2D eigenvalue weighted by Crippen LogP contribution is -2.17. The molecular weight excluding hydrogens is 191 g/mol. The molecule has 0 saturated heterocycles. The second-order valence-electron chi connectivity index (χ2n) is 2.08. The van der Waals surface area contributed by atoms with E-state index in [4.69, 9.17) is 0 Å². The van der Waals surface area contributed by atoms with Crippen molar-refractivity contribution in [2.45, 2.75) is 19.4 Å². The highest BCUT2D eigenvalue weighted by atomic mass is 32.3. The van der Waals surface area contributed by atoms with Gasteiger partial charge >= 0.3 is 16.5 Å². The Hall–Kier alpha value is -0.690. The Balaban J connectivity index is 3.91. The van der Waals surface area contributed by atoms with Crippen molar-refractivity contribution in [3.8, 4) is 0 Å². The van der Waals surface area contributed by atoms with Gasteiger partial charge in [-0.05, 0) is 6.92 Å². The van der Waals surface area contributed by atoms with Crippen molar-refractivity contribution < 1.29 is 26.0 Å². The first-order chi connectivity index (χ1) is 5.35. The third-order valence-electron chi connectivity index (χ3n) is 0.961. The summed E-state index contributed by atoms with van der Waals surface area (Å²) in [6.07, 6.45) is -1.35. The van der Waals surface area contributed by atoms with Gasteiger partial charge in [0.15, 0.2) is 0 Å². The Bertz CT molecular complexity index is 247. The smallest absolute Gasteiger partial charge is 0.437 e. The lowest BCUT2D eigenvalue weighted by molar-refractivity contribution is -0.142. The van der Waals surface area contributed by atoms with E-state index in [1.165, 1.54) is 6.92 Å². The normalized spacial score (nSPS) is 13.9. The van der Waals surface area contributed by atoms with E-state index in [0.717, 1.165) is 7.11 Å². The van der Waals surface area contributed by atoms with E-state index in [1.807, 2.05) is 0 Å². The van der Waals surface area contributed by atoms with Crippen LogP contribution in [0.5, 0.6) is 0 Å². The molecule has 0 aromatic carbocycles. The molecule has 0 radical (unpaired) electrons. The van der Waals surface area contributed by atoms with Crippen molar-refractivity contribution in [1.29, 1.82) is 0 Å². The summed E-state index contributed by atoms with van der Waals surface area (Å²) in [7, 11) is -3.85. The summed E-state index contributed by atoms with van der Waals surface area (Å²) in [4.78, 5) is 10.5. The van der Waals surface area contributed by atoms with Crippen LogP contribution in [0.1, 0.15) is 13.3 Å². The Morgan fingerprint density at radius 2 is 2.08 bits per heavy atom. The van der Waals surface area contributed by atoms with E-state index in [9.17, 15) is 17.1 Å². The maximum atomic E-state index is 11.8. The summed E-state index contributed by atoms with van der Waals surface area (Å²) in [6.45, 7) is 1.24. The molecule has 0 heterocycles. The number of ether oxygens (including phenoxy) is 1. The maximum absolute atomic E-state index is 11.8. The molecule has 0 bridgehead atoms. The average Bonchev–Trinajstić information content (AvgIpc) is 1.82. The van der Waals surface area contributed by atoms with Crippen LogP contribution in [0.4, 0.5) is 3.89 Å². The molecule has 7 heteroatoms. The van der Waals surface area contributed by atoms with Crippen LogP contribution >= 0.6 is 0 Å². The summed E-state index contributed by atoms with van der Waals surface area (Å²) in [5.41, 5.74) is 0. The minimum absolute atomic E-state index is 0.306. The van der Waals surface area contributed by atoms with Gasteiger partial charge in [-0.25, -0.2) is 4.18 Å². The predicted octanol–water partition coefficient (Wildman–Crippen LogP) is 0.169. The summed E-state index contributed by atoms with van der Waals surface area (Å²) in [5, 5.41) is 0. The Kier molecular flexibility index (Phi) is 4.11. The van der Waals surface area contributed by atoms with Gasteiger partial charge in [-0.3, -0.25) is 4.79 Å². The molecular formula is C5H9FO5S. The number of esters is 1. The zero-order valence-electron chi connectivity index (χ0n) is 6.61. The summed E-state index contributed by atoms with van der Waals surface area (Å²) in [5.74, 6) is -0.661. The number of hydrogen-bond donors (Lipinski definition) is 0. The first-order valence-electron chi connectivity index (χ1n) is 3.05. The van der Waals surface area contributed by atoms with Gasteiger partial charge < -0.3 is 4.74 Å². The largest absolute Gasteiger partial charge is 0.469 e. The van der Waals surface area contributed by atoms with Gasteiger partial charge in [0.1, 0.15) is 0 Å². The SMILES string of the molecule is COC(=O)C[C@H](C)OS(=O)(=O)F. The molecule has 0 N–H and O–H groups in total. The Morgan fingerprint density at radius 1 is 1.58 bits per heavy atom. The van der Waals surface area contributed by atoms with Crippen molar-refractivity contribution in [3.63, 3.8) is 0 Å². The van der Waals surface area contributed by atoms with Crippen LogP contribution in [0.3, 0.4) is 0 Å². The second-order valence-corrected chi connectivity index (χ2v) is 3.06. The molecule has 0 fully saturated rings. The van der Waals surface area contributed by atoms with Crippen molar-refractivity contribution in [2.24, 2.45) is 0 Å². The van der Waals surface area contributed by atoms with Crippen LogP contribution in [-0.4, -0.2) is 27.6 Å². The van der Waals surface area contributed by atoms with Crippen LogP contribution in [0.15, 0.2) is 0 Å². The van der Waals surface area contributed by atoms with Gasteiger partial charge in [-0.15, -0.1) is 0 Å². The van der Waals surface area contributed by atoms with Crippen molar-refractivity contribution >= 4 is 16.5 Å². The fraction of sp³-hybridized carbons (Fsp3) is 0.800. The maximum Gasteiger partial charge on any atom is 0.437 e. The van der Waals surface area contributed by atoms with Crippen LogP contribution in [0.2, 0.25) is 0 Å². The molecule has 1 atom stereocenters. The number of halogens is 1. The summed E-state index contributed by atoms with van der Waals surface area (Å²) in [6, 6.07) is 0. The highest BCUT2D eigenvalue weighted by Crippen LogP contribution is 2.05. The van der Waals surface area contributed by atoms with Gasteiger partial charge in [-0.2, -0.15) is 8.42 Å². The van der Waals surface area contributed by atoms with Gasteiger partial charge in [-0.1, -0.05) is 3.89 Å². The third-order valence-corrected chi connectivity index (χ3v) is 1.52. The number of methoxy groups -OCH3 is 1. The molecule has 0 aliphatic heterocycles. The number of carbonyl (C=O) groups is 1. The lowest BCUT2D eigenvalue weighted by Gasteiger charge is -2.06. The zero-order valence-corrected chi connectivity index (χ0v) is 7.43. The van der Waals surface area contributed by atoms with Gasteiger partial charge in [0, 0.05) is 0 Å². The van der Waals surface area contributed by atoms with Crippen LogP contribution in [0.25, 0.3) is 0 Å². The summed E-state index contributed by atoms with van der Waals surface area (Å²) >= 11 is 0. The molecule has 0 saturated carbocycles. The molecule has 0 aliphatic carbocycles. The van der Waals surface area contributed by atoms with Crippen LogP contribution < -0.4 is 0 Å². The zero-order chi connectivity index (χ0) is 9.78. The van der Waals surface area contributed by atoms with Gasteiger partial charge in [0.25, 0.3) is 0 Å². The molecule has 0 amide bonds. The molecule has 0 unspecified atom stereocenters. The van der Waals surface area contributed by atoms with E-state index in [0.29, 0.717) is 0 Å². The second kappa shape index (κ2) is 4.36. The minimum atomic E-state index is -4.98. The topological polar surface area (TPSA) is 69.7 Å². The van der Waals surface area contributed by atoms with Crippen LogP contribution in [0, 0.1) is 0 Å². The molecule has 0 aliphatic rings. The van der Waals surface area contributed by atoms with Gasteiger partial charge in [0.2, 0.25) is 0 Å². The number of carbonyl (C=O) groups excluding carboxylic acids is 1. The van der Waals surface area contributed by atoms with Crippen LogP contribution in [-0.2, 0) is 24.2 Å².